The van der Waals surface area contributed by atoms with Crippen LogP contribution in [-0.4, -0.2) is 19.8 Å². The maximum atomic E-state index is 13.0. The third-order valence-electron chi connectivity index (χ3n) is 3.72. The summed E-state index contributed by atoms with van der Waals surface area (Å²) in [7, 11) is 1.47. The van der Waals surface area contributed by atoms with Crippen LogP contribution in [0.1, 0.15) is 17.2 Å². The van der Waals surface area contributed by atoms with E-state index in [9.17, 15) is 4.39 Å². The summed E-state index contributed by atoms with van der Waals surface area (Å²) >= 11 is 0. The lowest BCUT2D eigenvalue weighted by Crippen LogP contribution is -2.20. The lowest BCUT2D eigenvalue weighted by atomic mass is 9.98. The van der Waals surface area contributed by atoms with Crippen molar-refractivity contribution in [1.29, 1.82) is 0 Å². The predicted octanol–water partition coefficient (Wildman–Crippen LogP) is 4.15. The highest BCUT2D eigenvalue weighted by atomic mass is 19.1. The second-order valence-corrected chi connectivity index (χ2v) is 5.11. The Morgan fingerprint density at radius 3 is 2.13 bits per heavy atom. The number of azide groups is 1. The molecule has 6 heteroatoms. The molecule has 0 heterocycles. The zero-order valence-corrected chi connectivity index (χ0v) is 12.9. The van der Waals surface area contributed by atoms with Gasteiger partial charge in [-0.2, -0.15) is 0 Å². The number of rotatable bonds is 7. The Bertz CT molecular complexity index is 666. The average Bonchev–Trinajstić information content (AvgIpc) is 2.62. The van der Waals surface area contributed by atoms with E-state index in [0.29, 0.717) is 6.54 Å². The van der Waals surface area contributed by atoms with Crippen LogP contribution in [0.15, 0.2) is 53.6 Å². The van der Waals surface area contributed by atoms with Crippen LogP contribution in [0, 0.1) is 0 Å². The average molecular weight is 314 g/mol. The molecule has 0 bridgehead atoms. The van der Waals surface area contributed by atoms with Crippen molar-refractivity contribution in [2.75, 3.05) is 13.8 Å². The minimum Gasteiger partial charge on any atom is -0.376 e. The molecule has 0 saturated heterocycles. The second kappa shape index (κ2) is 8.29. The molecule has 0 aliphatic heterocycles. The van der Waals surface area contributed by atoms with Gasteiger partial charge in [0.25, 0.3) is 0 Å². The summed E-state index contributed by atoms with van der Waals surface area (Å²) in [4.78, 5) is 2.68. The Morgan fingerprint density at radius 1 is 1.13 bits per heavy atom. The summed E-state index contributed by atoms with van der Waals surface area (Å²) in [5.41, 5.74) is 18.1. The number of ether oxygens (including phenoxy) is 1. The van der Waals surface area contributed by atoms with Gasteiger partial charge in [0.15, 0.2) is 0 Å². The molecule has 0 spiro atoms. The number of hydrogen-bond donors (Lipinski definition) is 1. The fourth-order valence-corrected chi connectivity index (χ4v) is 2.45. The fourth-order valence-electron chi connectivity index (χ4n) is 2.45. The summed E-state index contributed by atoms with van der Waals surface area (Å²) in [6.45, 7) is -0.260. The molecule has 2 rings (SSSR count). The van der Waals surface area contributed by atoms with Gasteiger partial charge in [0.05, 0.1) is 12.1 Å². The summed E-state index contributed by atoms with van der Waals surface area (Å²) in [5.74, 6) is 0. The highest BCUT2D eigenvalue weighted by molar-refractivity contribution is 5.64. The number of nitrogens with zero attached hydrogens (tertiary/aromatic N) is 3. The van der Waals surface area contributed by atoms with Gasteiger partial charge in [-0.1, -0.05) is 53.6 Å². The summed E-state index contributed by atoms with van der Waals surface area (Å²) in [6.07, 6.45) is -0.607. The molecule has 120 valence electrons. The van der Waals surface area contributed by atoms with Crippen molar-refractivity contribution < 1.29 is 9.13 Å². The van der Waals surface area contributed by atoms with E-state index in [0.717, 1.165) is 22.3 Å². The number of benzene rings is 2. The molecule has 0 saturated carbocycles. The van der Waals surface area contributed by atoms with E-state index in [1.54, 1.807) is 0 Å². The van der Waals surface area contributed by atoms with Crippen molar-refractivity contribution >= 4 is 0 Å². The molecule has 2 atom stereocenters. The molecule has 0 aromatic heterocycles. The third kappa shape index (κ3) is 4.07. The molecule has 0 amide bonds. The molecular weight excluding hydrogens is 295 g/mol. The molecule has 0 aliphatic rings. The Labute approximate surface area is 134 Å². The van der Waals surface area contributed by atoms with E-state index in [2.05, 4.69) is 10.0 Å². The van der Waals surface area contributed by atoms with Gasteiger partial charge >= 0.3 is 0 Å². The van der Waals surface area contributed by atoms with E-state index in [4.69, 9.17) is 16.0 Å². The minimum absolute atomic E-state index is 0.513. The number of methoxy groups -OCH3 is 1. The van der Waals surface area contributed by atoms with Gasteiger partial charge in [-0.25, -0.2) is 0 Å². The van der Waals surface area contributed by atoms with E-state index in [-0.39, 0.29) is 0 Å². The molecule has 23 heavy (non-hydrogen) atoms. The molecule has 0 aliphatic carbocycles. The first-order valence-corrected chi connectivity index (χ1v) is 7.25. The monoisotopic (exact) mass is 314 g/mol. The smallest absolute Gasteiger partial charge is 0.101 e. The third-order valence-corrected chi connectivity index (χ3v) is 3.72. The Morgan fingerprint density at radius 2 is 1.70 bits per heavy atom. The Balaban J connectivity index is 2.24. The van der Waals surface area contributed by atoms with Gasteiger partial charge in [-0.15, -0.1) is 0 Å². The van der Waals surface area contributed by atoms with E-state index in [1.165, 1.54) is 7.11 Å². The summed E-state index contributed by atoms with van der Waals surface area (Å²) in [5, 5.41) is 3.46. The fraction of sp³-hybridized carbons (Fsp3) is 0.294. The number of alkyl halides is 1. The van der Waals surface area contributed by atoms with Crippen LogP contribution in [0.2, 0.25) is 0 Å². The normalized spacial score (nSPS) is 13.2. The highest BCUT2D eigenvalue weighted by Gasteiger charge is 2.22. The lowest BCUT2D eigenvalue weighted by Gasteiger charge is -2.20. The van der Waals surface area contributed by atoms with Crippen molar-refractivity contribution in [3.8, 4) is 11.1 Å². The van der Waals surface area contributed by atoms with Gasteiger partial charge in [0, 0.05) is 18.6 Å². The second-order valence-electron chi connectivity index (χ2n) is 5.11. The van der Waals surface area contributed by atoms with Gasteiger partial charge < -0.3 is 10.5 Å². The quantitative estimate of drug-likeness (QED) is 0.473. The minimum atomic E-state index is -0.875. The van der Waals surface area contributed by atoms with E-state index < -0.39 is 18.8 Å². The molecule has 5 nitrogen and oxygen atoms in total. The maximum Gasteiger partial charge on any atom is 0.101 e. The summed E-state index contributed by atoms with van der Waals surface area (Å²) < 4.78 is 18.3. The van der Waals surface area contributed by atoms with Crippen molar-refractivity contribution in [2.45, 2.75) is 18.7 Å². The number of hydrogen-bond acceptors (Lipinski definition) is 3. The Kier molecular flexibility index (Phi) is 6.11. The number of halogens is 1. The van der Waals surface area contributed by atoms with Crippen molar-refractivity contribution in [3.63, 3.8) is 0 Å². The molecule has 0 fully saturated rings. The molecule has 2 N–H and O–H groups in total. The highest BCUT2D eigenvalue weighted by Crippen LogP contribution is 2.27. The van der Waals surface area contributed by atoms with Gasteiger partial charge in [0.2, 0.25) is 0 Å². The summed E-state index contributed by atoms with van der Waals surface area (Å²) in [6, 6.07) is 14.7. The maximum absolute atomic E-state index is 13.0. The molecule has 2 aromatic carbocycles. The topological polar surface area (TPSA) is 84.0 Å². The molecule has 0 unspecified atom stereocenters. The largest absolute Gasteiger partial charge is 0.376 e. The SMILES string of the molecule is CO[C@H](c1ccc(-c2ccc(CN)cc2)cc1)[C@@H](CF)N=[N+]=[N-]. The van der Waals surface area contributed by atoms with Crippen LogP contribution >= 0.6 is 0 Å². The Hall–Kier alpha value is -2.40. The van der Waals surface area contributed by atoms with Gasteiger partial charge in [-0.3, -0.25) is 4.39 Å². The van der Waals surface area contributed by atoms with Crippen LogP contribution in [0.25, 0.3) is 21.6 Å². The van der Waals surface area contributed by atoms with Gasteiger partial charge in [-0.05, 0) is 27.8 Å². The van der Waals surface area contributed by atoms with Crippen LogP contribution < -0.4 is 5.73 Å². The molecule has 2 aromatic rings. The van der Waals surface area contributed by atoms with E-state index in [1.807, 2.05) is 48.5 Å². The number of nitrogens with two attached hydrogens (primary N) is 1. The predicted molar refractivity (Wildman–Crippen MR) is 88.4 cm³/mol. The van der Waals surface area contributed by atoms with Gasteiger partial charge in [0.1, 0.15) is 6.67 Å². The molecular formula is C17H19FN4O. The first kappa shape index (κ1) is 17.0. The van der Waals surface area contributed by atoms with Crippen LogP contribution in [0.4, 0.5) is 4.39 Å². The standard InChI is InChI=1S/C17H19FN4O/c1-23-17(16(10-18)21-22-20)15-8-6-14(7-9-15)13-4-2-12(11-19)3-5-13/h2-9,16-17H,10-11,19H2,1H3/t16-,17-/m1/s1. The van der Waals surface area contributed by atoms with Crippen LogP contribution in [-0.2, 0) is 11.3 Å². The first-order chi connectivity index (χ1) is 11.2. The lowest BCUT2D eigenvalue weighted by molar-refractivity contribution is 0.0722. The van der Waals surface area contributed by atoms with Crippen molar-refractivity contribution in [3.05, 3.63) is 70.1 Å². The first-order valence-electron chi connectivity index (χ1n) is 7.25. The van der Waals surface area contributed by atoms with Crippen molar-refractivity contribution in [2.24, 2.45) is 10.8 Å². The zero-order valence-electron chi connectivity index (χ0n) is 12.9. The van der Waals surface area contributed by atoms with E-state index >= 15 is 0 Å². The molecule has 0 radical (unpaired) electrons. The van der Waals surface area contributed by atoms with Crippen LogP contribution in [0.5, 0.6) is 0 Å². The van der Waals surface area contributed by atoms with Crippen LogP contribution in [0.3, 0.4) is 0 Å². The zero-order chi connectivity index (χ0) is 16.7. The van der Waals surface area contributed by atoms with Crippen molar-refractivity contribution in [1.82, 2.24) is 0 Å².